The van der Waals surface area contributed by atoms with E-state index in [0.29, 0.717) is 43.1 Å². The van der Waals surface area contributed by atoms with Crippen molar-refractivity contribution >= 4 is 5.91 Å². The number of aryl methyl sites for hydroxylation is 3. The first-order valence-corrected chi connectivity index (χ1v) is 7.47. The molecule has 0 radical (unpaired) electrons. The molecule has 1 fully saturated rings. The summed E-state index contributed by atoms with van der Waals surface area (Å²) in [5, 5.41) is 3.96. The van der Waals surface area contributed by atoms with Crippen LogP contribution in [0.1, 0.15) is 46.4 Å². The summed E-state index contributed by atoms with van der Waals surface area (Å²) in [7, 11) is 0. The molecular weight excluding hydrogens is 284 g/mol. The molecule has 0 aromatic carbocycles. The molecule has 7 nitrogen and oxygen atoms in total. The molecule has 1 atom stereocenters. The van der Waals surface area contributed by atoms with Gasteiger partial charge >= 0.3 is 0 Å². The fraction of sp³-hybridized carbons (Fsp3) is 0.533. The van der Waals surface area contributed by atoms with Crippen LogP contribution in [0.5, 0.6) is 0 Å². The number of H-pyrrole nitrogens is 1. The molecular formula is C15H20N4O3. The normalized spacial score (nSPS) is 18.7. The molecule has 3 heterocycles. The first kappa shape index (κ1) is 14.8. The van der Waals surface area contributed by atoms with Gasteiger partial charge in [-0.1, -0.05) is 12.1 Å². The number of imidazole rings is 1. The van der Waals surface area contributed by atoms with E-state index < -0.39 is 0 Å². The summed E-state index contributed by atoms with van der Waals surface area (Å²) in [4.78, 5) is 22.0. The Morgan fingerprint density at radius 3 is 3.00 bits per heavy atom. The quantitative estimate of drug-likeness (QED) is 0.934. The molecule has 1 unspecified atom stereocenters. The molecule has 1 amide bonds. The van der Waals surface area contributed by atoms with E-state index in [1.807, 2.05) is 13.8 Å². The van der Waals surface area contributed by atoms with Crippen molar-refractivity contribution in [2.45, 2.75) is 33.3 Å². The Kier molecular flexibility index (Phi) is 3.98. The first-order valence-electron chi connectivity index (χ1n) is 7.47. The van der Waals surface area contributed by atoms with Crippen LogP contribution in [0.25, 0.3) is 0 Å². The van der Waals surface area contributed by atoms with E-state index in [9.17, 15) is 4.79 Å². The Hall–Kier alpha value is -2.15. The maximum Gasteiger partial charge on any atom is 0.259 e. The standard InChI is InChI=1S/C15H20N4O3/c1-4-11-13(10(3)22-18-11)15(20)19-5-6-21-12(8-19)14-16-7-9(2)17-14/h7,12H,4-6,8H2,1-3H3,(H,16,17). The van der Waals surface area contributed by atoms with Crippen molar-refractivity contribution in [1.29, 1.82) is 0 Å². The zero-order valence-electron chi connectivity index (χ0n) is 13.0. The zero-order valence-corrected chi connectivity index (χ0v) is 13.0. The lowest BCUT2D eigenvalue weighted by Gasteiger charge is -2.32. The van der Waals surface area contributed by atoms with Crippen molar-refractivity contribution in [3.05, 3.63) is 34.7 Å². The van der Waals surface area contributed by atoms with Gasteiger partial charge in [-0.3, -0.25) is 4.79 Å². The highest BCUT2D eigenvalue weighted by atomic mass is 16.5. The lowest BCUT2D eigenvalue weighted by Crippen LogP contribution is -2.42. The van der Waals surface area contributed by atoms with Crippen LogP contribution in [0, 0.1) is 13.8 Å². The molecule has 2 aromatic rings. The summed E-state index contributed by atoms with van der Waals surface area (Å²) in [6.45, 7) is 7.19. The molecule has 0 bridgehead atoms. The monoisotopic (exact) mass is 304 g/mol. The molecule has 118 valence electrons. The van der Waals surface area contributed by atoms with Crippen LogP contribution in [0.2, 0.25) is 0 Å². The van der Waals surface area contributed by atoms with E-state index in [1.54, 1.807) is 18.0 Å². The predicted molar refractivity (Wildman–Crippen MR) is 78.5 cm³/mol. The van der Waals surface area contributed by atoms with Gasteiger partial charge in [-0.15, -0.1) is 0 Å². The first-order chi connectivity index (χ1) is 10.6. The van der Waals surface area contributed by atoms with Crippen LogP contribution in [-0.2, 0) is 11.2 Å². The number of ether oxygens (including phenoxy) is 1. The molecule has 7 heteroatoms. The van der Waals surface area contributed by atoms with Crippen molar-refractivity contribution < 1.29 is 14.1 Å². The number of morpholine rings is 1. The number of carbonyl (C=O) groups is 1. The van der Waals surface area contributed by atoms with Crippen molar-refractivity contribution in [3.63, 3.8) is 0 Å². The summed E-state index contributed by atoms with van der Waals surface area (Å²) >= 11 is 0. The van der Waals surface area contributed by atoms with Gasteiger partial charge in [0.25, 0.3) is 5.91 Å². The number of nitrogens with zero attached hydrogens (tertiary/aromatic N) is 3. The SMILES string of the molecule is CCc1noc(C)c1C(=O)N1CCOC(c2ncc(C)[nH]2)C1. The molecule has 3 rings (SSSR count). The highest BCUT2D eigenvalue weighted by Gasteiger charge is 2.30. The van der Waals surface area contributed by atoms with Crippen molar-refractivity contribution in [1.82, 2.24) is 20.0 Å². The van der Waals surface area contributed by atoms with Crippen LogP contribution in [0.3, 0.4) is 0 Å². The van der Waals surface area contributed by atoms with E-state index in [4.69, 9.17) is 9.26 Å². The second kappa shape index (κ2) is 5.92. The summed E-state index contributed by atoms with van der Waals surface area (Å²) in [6.07, 6.45) is 2.21. The molecule has 2 aromatic heterocycles. The summed E-state index contributed by atoms with van der Waals surface area (Å²) in [5.74, 6) is 1.28. The van der Waals surface area contributed by atoms with Gasteiger partial charge in [0, 0.05) is 18.4 Å². The Balaban J connectivity index is 1.79. The Morgan fingerprint density at radius 1 is 1.50 bits per heavy atom. The lowest BCUT2D eigenvalue weighted by atomic mass is 10.1. The minimum atomic E-state index is -0.225. The third-order valence-corrected chi connectivity index (χ3v) is 3.86. The number of hydrogen-bond donors (Lipinski definition) is 1. The maximum atomic E-state index is 12.8. The van der Waals surface area contributed by atoms with E-state index >= 15 is 0 Å². The third kappa shape index (κ3) is 2.64. The zero-order chi connectivity index (χ0) is 15.7. The number of aromatic amines is 1. The number of aromatic nitrogens is 3. The third-order valence-electron chi connectivity index (χ3n) is 3.86. The van der Waals surface area contributed by atoms with Crippen LogP contribution in [0.4, 0.5) is 0 Å². The summed E-state index contributed by atoms with van der Waals surface area (Å²) in [6, 6.07) is 0. The summed E-state index contributed by atoms with van der Waals surface area (Å²) in [5.41, 5.74) is 2.27. The van der Waals surface area contributed by atoms with E-state index in [2.05, 4.69) is 15.1 Å². The number of nitrogens with one attached hydrogen (secondary N) is 1. The second-order valence-electron chi connectivity index (χ2n) is 5.48. The average molecular weight is 304 g/mol. The number of rotatable bonds is 3. The van der Waals surface area contributed by atoms with Crippen molar-refractivity contribution in [2.24, 2.45) is 0 Å². The minimum absolute atomic E-state index is 0.0489. The Labute approximate surface area is 128 Å². The fourth-order valence-electron chi connectivity index (χ4n) is 2.69. The van der Waals surface area contributed by atoms with E-state index in [-0.39, 0.29) is 12.0 Å². The second-order valence-corrected chi connectivity index (χ2v) is 5.48. The smallest absolute Gasteiger partial charge is 0.259 e. The largest absolute Gasteiger partial charge is 0.367 e. The van der Waals surface area contributed by atoms with Gasteiger partial charge in [0.2, 0.25) is 0 Å². The maximum absolute atomic E-state index is 12.8. The van der Waals surface area contributed by atoms with Gasteiger partial charge in [0.15, 0.2) is 0 Å². The van der Waals surface area contributed by atoms with E-state index in [0.717, 1.165) is 11.5 Å². The van der Waals surface area contributed by atoms with Crippen LogP contribution in [0.15, 0.2) is 10.7 Å². The van der Waals surface area contributed by atoms with Gasteiger partial charge < -0.3 is 19.1 Å². The van der Waals surface area contributed by atoms with E-state index in [1.165, 1.54) is 0 Å². The highest BCUT2D eigenvalue weighted by molar-refractivity contribution is 5.96. The molecule has 0 spiro atoms. The number of amides is 1. The molecule has 1 aliphatic rings. The van der Waals surface area contributed by atoms with Gasteiger partial charge in [-0.2, -0.15) is 0 Å². The topological polar surface area (TPSA) is 84.2 Å². The van der Waals surface area contributed by atoms with Crippen LogP contribution in [-0.4, -0.2) is 45.6 Å². The molecule has 1 aliphatic heterocycles. The number of hydrogen-bond acceptors (Lipinski definition) is 5. The molecule has 1 N–H and O–H groups in total. The van der Waals surface area contributed by atoms with Gasteiger partial charge in [-0.25, -0.2) is 4.98 Å². The van der Waals surface area contributed by atoms with Crippen molar-refractivity contribution in [2.75, 3.05) is 19.7 Å². The molecule has 0 saturated carbocycles. The van der Waals surface area contributed by atoms with Crippen molar-refractivity contribution in [3.8, 4) is 0 Å². The Bertz CT molecular complexity index is 676. The molecule has 22 heavy (non-hydrogen) atoms. The van der Waals surface area contributed by atoms with Gasteiger partial charge in [-0.05, 0) is 20.3 Å². The summed E-state index contributed by atoms with van der Waals surface area (Å²) < 4.78 is 10.9. The molecule has 1 saturated heterocycles. The lowest BCUT2D eigenvalue weighted by molar-refractivity contribution is -0.0265. The molecule has 0 aliphatic carbocycles. The number of carbonyl (C=O) groups excluding carboxylic acids is 1. The van der Waals surface area contributed by atoms with Crippen LogP contribution < -0.4 is 0 Å². The van der Waals surface area contributed by atoms with Gasteiger partial charge in [0.1, 0.15) is 23.3 Å². The minimum Gasteiger partial charge on any atom is -0.367 e. The fourth-order valence-corrected chi connectivity index (χ4v) is 2.69. The average Bonchev–Trinajstić information content (AvgIpc) is 3.12. The Morgan fingerprint density at radius 2 is 2.32 bits per heavy atom. The van der Waals surface area contributed by atoms with Crippen LogP contribution >= 0.6 is 0 Å². The highest BCUT2D eigenvalue weighted by Crippen LogP contribution is 2.23. The predicted octanol–water partition coefficient (Wildman–Crippen LogP) is 1.79. The van der Waals surface area contributed by atoms with Gasteiger partial charge in [0.05, 0.1) is 18.8 Å².